The Morgan fingerprint density at radius 3 is 1.40 bits per heavy atom. The number of anilines is 3. The van der Waals surface area contributed by atoms with E-state index in [9.17, 15) is 0 Å². The van der Waals surface area contributed by atoms with E-state index in [4.69, 9.17) is 0 Å². The smallest absolute Gasteiger partial charge is 0.0546 e. The van der Waals surface area contributed by atoms with Crippen LogP contribution in [0.15, 0.2) is 188 Å². The van der Waals surface area contributed by atoms with Crippen molar-refractivity contribution in [2.24, 2.45) is 0 Å². The van der Waals surface area contributed by atoms with Gasteiger partial charge in [0.2, 0.25) is 0 Å². The monoisotopic (exact) mass is 597 g/mol. The van der Waals surface area contributed by atoms with Crippen molar-refractivity contribution in [3.05, 3.63) is 188 Å². The second kappa shape index (κ2) is 11.3. The summed E-state index contributed by atoms with van der Waals surface area (Å²) in [6.45, 7) is 0. The van der Waals surface area contributed by atoms with Crippen LogP contribution in [0, 0.1) is 0 Å². The molecule has 220 valence electrons. The normalized spacial score (nSPS) is 11.4. The van der Waals surface area contributed by atoms with Crippen LogP contribution in [0.1, 0.15) is 0 Å². The summed E-state index contributed by atoms with van der Waals surface area (Å²) >= 11 is 0. The number of nitrogens with zero attached hydrogens (tertiary/aromatic N) is 1. The van der Waals surface area contributed by atoms with Gasteiger partial charge in [-0.1, -0.05) is 152 Å². The van der Waals surface area contributed by atoms with Crippen LogP contribution < -0.4 is 4.90 Å². The lowest BCUT2D eigenvalue weighted by Gasteiger charge is -2.28. The second-order valence-electron chi connectivity index (χ2n) is 12.2. The summed E-state index contributed by atoms with van der Waals surface area (Å²) in [6.07, 6.45) is 0. The fourth-order valence-electron chi connectivity index (χ4n) is 7.08. The molecule has 0 atom stereocenters. The van der Waals surface area contributed by atoms with Crippen LogP contribution in [0.5, 0.6) is 0 Å². The lowest BCUT2D eigenvalue weighted by Crippen LogP contribution is -2.10. The molecule has 0 aliphatic rings. The third-order valence-electron chi connectivity index (χ3n) is 9.42. The van der Waals surface area contributed by atoms with Gasteiger partial charge >= 0.3 is 0 Å². The zero-order chi connectivity index (χ0) is 31.2. The van der Waals surface area contributed by atoms with Crippen LogP contribution in [0.25, 0.3) is 65.3 Å². The minimum absolute atomic E-state index is 1.12. The molecular formula is C46H31N. The molecule has 1 nitrogen and oxygen atoms in total. The van der Waals surface area contributed by atoms with Crippen molar-refractivity contribution in [3.63, 3.8) is 0 Å². The van der Waals surface area contributed by atoms with Gasteiger partial charge in [0.15, 0.2) is 0 Å². The Hall–Kier alpha value is -6.18. The molecule has 9 aromatic carbocycles. The Morgan fingerprint density at radius 2 is 0.702 bits per heavy atom. The fraction of sp³-hybridized carbons (Fsp3) is 0. The number of rotatable bonds is 5. The number of hydrogen-bond donors (Lipinski definition) is 0. The minimum atomic E-state index is 1.12. The average molecular weight is 598 g/mol. The molecule has 9 aromatic rings. The van der Waals surface area contributed by atoms with Crippen molar-refractivity contribution < 1.29 is 0 Å². The Labute approximate surface area is 274 Å². The Morgan fingerprint density at radius 1 is 0.255 bits per heavy atom. The molecule has 0 heterocycles. The van der Waals surface area contributed by atoms with Crippen LogP contribution in [0.3, 0.4) is 0 Å². The summed E-state index contributed by atoms with van der Waals surface area (Å²) in [5.74, 6) is 0. The first-order chi connectivity index (χ1) is 23.3. The van der Waals surface area contributed by atoms with Crippen molar-refractivity contribution in [1.29, 1.82) is 0 Å². The van der Waals surface area contributed by atoms with Gasteiger partial charge in [-0.15, -0.1) is 0 Å². The van der Waals surface area contributed by atoms with E-state index in [0.717, 1.165) is 17.1 Å². The summed E-state index contributed by atoms with van der Waals surface area (Å²) in [6, 6.07) is 68.3. The maximum absolute atomic E-state index is 2.40. The van der Waals surface area contributed by atoms with Crippen LogP contribution in [0.4, 0.5) is 17.1 Å². The molecule has 47 heavy (non-hydrogen) atoms. The molecule has 0 saturated heterocycles. The molecule has 0 N–H and O–H groups in total. The molecule has 0 saturated carbocycles. The molecule has 1 heteroatoms. The molecule has 0 fully saturated rings. The van der Waals surface area contributed by atoms with Crippen LogP contribution in [0.2, 0.25) is 0 Å². The van der Waals surface area contributed by atoms with Gasteiger partial charge in [-0.05, 0) is 96.4 Å². The summed E-state index contributed by atoms with van der Waals surface area (Å²) in [4.78, 5) is 2.40. The van der Waals surface area contributed by atoms with Crippen molar-refractivity contribution in [2.45, 2.75) is 0 Å². The van der Waals surface area contributed by atoms with E-state index in [2.05, 4.69) is 193 Å². The molecule has 0 aliphatic heterocycles. The molecule has 0 aromatic heterocycles. The maximum Gasteiger partial charge on any atom is 0.0546 e. The summed E-state index contributed by atoms with van der Waals surface area (Å²) in [7, 11) is 0. The molecular weight excluding hydrogens is 567 g/mol. The van der Waals surface area contributed by atoms with E-state index in [1.54, 1.807) is 0 Å². The number of benzene rings is 9. The van der Waals surface area contributed by atoms with Crippen molar-refractivity contribution >= 4 is 60.2 Å². The van der Waals surface area contributed by atoms with Gasteiger partial charge in [-0.25, -0.2) is 0 Å². The lowest BCUT2D eigenvalue weighted by molar-refractivity contribution is 1.30. The molecule has 0 spiro atoms. The maximum atomic E-state index is 2.40. The van der Waals surface area contributed by atoms with E-state index in [-0.39, 0.29) is 0 Å². The lowest BCUT2D eigenvalue weighted by atomic mass is 9.97. The molecule has 0 aliphatic carbocycles. The first-order valence-electron chi connectivity index (χ1n) is 16.2. The highest BCUT2D eigenvalue weighted by molar-refractivity contribution is 6.14. The van der Waals surface area contributed by atoms with E-state index >= 15 is 0 Å². The quantitative estimate of drug-likeness (QED) is 0.178. The molecule has 0 unspecified atom stereocenters. The Kier molecular flexibility index (Phi) is 6.54. The van der Waals surface area contributed by atoms with E-state index in [1.807, 2.05) is 0 Å². The van der Waals surface area contributed by atoms with Gasteiger partial charge in [0.25, 0.3) is 0 Å². The number of hydrogen-bond acceptors (Lipinski definition) is 1. The van der Waals surface area contributed by atoms with Crippen LogP contribution in [-0.2, 0) is 0 Å². The van der Waals surface area contributed by atoms with Crippen LogP contribution >= 0.6 is 0 Å². The van der Waals surface area contributed by atoms with E-state index in [1.165, 1.54) is 65.3 Å². The van der Waals surface area contributed by atoms with Gasteiger partial charge < -0.3 is 4.90 Å². The standard InChI is InChI=1S/C46H31N/c1-2-10-32(11-3-1)33-20-25-39(26-21-33)47(46-31-37-13-5-7-15-42(37)44-16-8-9-17-45(44)46)40-27-22-34(23-28-40)36-24-29-43-38(30-36)19-18-35-12-4-6-14-41(35)43/h1-31H. The summed E-state index contributed by atoms with van der Waals surface area (Å²) < 4.78 is 0. The van der Waals surface area contributed by atoms with Gasteiger partial charge in [0.05, 0.1) is 5.69 Å². The van der Waals surface area contributed by atoms with E-state index in [0.29, 0.717) is 0 Å². The largest absolute Gasteiger partial charge is 0.310 e. The highest BCUT2D eigenvalue weighted by atomic mass is 15.1. The minimum Gasteiger partial charge on any atom is -0.310 e. The number of fused-ring (bicyclic) bond motifs is 6. The second-order valence-corrected chi connectivity index (χ2v) is 12.2. The van der Waals surface area contributed by atoms with Gasteiger partial charge in [0, 0.05) is 16.8 Å². The topological polar surface area (TPSA) is 3.24 Å². The predicted molar refractivity (Wildman–Crippen MR) is 202 cm³/mol. The predicted octanol–water partition coefficient (Wildman–Crippen LogP) is 13.1. The first kappa shape index (κ1) is 27.2. The van der Waals surface area contributed by atoms with Crippen molar-refractivity contribution in [2.75, 3.05) is 4.90 Å². The van der Waals surface area contributed by atoms with Gasteiger partial charge in [0.1, 0.15) is 0 Å². The zero-order valence-electron chi connectivity index (χ0n) is 25.8. The van der Waals surface area contributed by atoms with E-state index < -0.39 is 0 Å². The van der Waals surface area contributed by atoms with Crippen molar-refractivity contribution in [3.8, 4) is 22.3 Å². The Bertz CT molecular complexity index is 2550. The highest BCUT2D eigenvalue weighted by Gasteiger charge is 2.18. The van der Waals surface area contributed by atoms with Crippen LogP contribution in [-0.4, -0.2) is 0 Å². The average Bonchev–Trinajstić information content (AvgIpc) is 3.15. The van der Waals surface area contributed by atoms with Crippen molar-refractivity contribution in [1.82, 2.24) is 0 Å². The van der Waals surface area contributed by atoms with Gasteiger partial charge in [-0.2, -0.15) is 0 Å². The molecule has 0 amide bonds. The summed E-state index contributed by atoms with van der Waals surface area (Å²) in [5.41, 5.74) is 8.24. The molecule has 9 rings (SSSR count). The fourth-order valence-corrected chi connectivity index (χ4v) is 7.08. The molecule has 0 bridgehead atoms. The first-order valence-corrected chi connectivity index (χ1v) is 16.2. The highest BCUT2D eigenvalue weighted by Crippen LogP contribution is 2.43. The Balaban J connectivity index is 1.18. The SMILES string of the molecule is c1ccc(-c2ccc(N(c3ccc(-c4ccc5c(ccc6ccccc65)c4)cc3)c3cc4ccccc4c4ccccc34)cc2)cc1. The molecule has 0 radical (unpaired) electrons. The van der Waals surface area contributed by atoms with Gasteiger partial charge in [-0.3, -0.25) is 0 Å². The third-order valence-corrected chi connectivity index (χ3v) is 9.42. The third kappa shape index (κ3) is 4.81. The zero-order valence-corrected chi connectivity index (χ0v) is 25.8. The summed E-state index contributed by atoms with van der Waals surface area (Å²) in [5, 5.41) is 10.1.